The highest BCUT2D eigenvalue weighted by atomic mass is 79.9. The van der Waals surface area contributed by atoms with E-state index in [1.54, 1.807) is 16.4 Å². The Bertz CT molecular complexity index is 569. The van der Waals surface area contributed by atoms with Gasteiger partial charge >= 0.3 is 0 Å². The van der Waals surface area contributed by atoms with E-state index in [1.807, 2.05) is 19.9 Å². The van der Waals surface area contributed by atoms with Gasteiger partial charge in [-0.1, -0.05) is 22.9 Å². The van der Waals surface area contributed by atoms with Crippen molar-refractivity contribution < 1.29 is 8.42 Å². The van der Waals surface area contributed by atoms with Crippen LogP contribution in [0.2, 0.25) is 0 Å². The zero-order valence-corrected chi connectivity index (χ0v) is 14.3. The molecule has 1 saturated heterocycles. The van der Waals surface area contributed by atoms with Crippen LogP contribution in [0.15, 0.2) is 27.6 Å². The van der Waals surface area contributed by atoms with E-state index < -0.39 is 10.0 Å². The van der Waals surface area contributed by atoms with E-state index in [-0.39, 0.29) is 6.04 Å². The molecule has 0 radical (unpaired) electrons. The Hall–Kier alpha value is -0.430. The first-order valence-corrected chi connectivity index (χ1v) is 9.19. The van der Waals surface area contributed by atoms with Gasteiger partial charge in [-0.15, -0.1) is 0 Å². The minimum Gasteiger partial charge on any atom is -0.315 e. The molecule has 1 atom stereocenters. The van der Waals surface area contributed by atoms with Crippen LogP contribution in [0.3, 0.4) is 0 Å². The molecular formula is C14H21BrN2O2S. The highest BCUT2D eigenvalue weighted by molar-refractivity contribution is 9.10. The number of hydrogen-bond acceptors (Lipinski definition) is 3. The second kappa shape index (κ2) is 6.56. The predicted octanol–water partition coefficient (Wildman–Crippen LogP) is 2.52. The van der Waals surface area contributed by atoms with Gasteiger partial charge in [0.1, 0.15) is 0 Å². The molecule has 1 N–H and O–H groups in total. The van der Waals surface area contributed by atoms with Gasteiger partial charge in [0, 0.05) is 23.6 Å². The topological polar surface area (TPSA) is 49.4 Å². The third-order valence-electron chi connectivity index (χ3n) is 3.61. The first-order valence-electron chi connectivity index (χ1n) is 6.95. The van der Waals surface area contributed by atoms with E-state index in [0.717, 1.165) is 36.0 Å². The molecule has 20 heavy (non-hydrogen) atoms. The summed E-state index contributed by atoms with van der Waals surface area (Å²) in [6.45, 7) is 6.06. The van der Waals surface area contributed by atoms with Crippen molar-refractivity contribution in [1.29, 1.82) is 0 Å². The van der Waals surface area contributed by atoms with Crippen LogP contribution in [0.4, 0.5) is 0 Å². The fraction of sp³-hybridized carbons (Fsp3) is 0.571. The number of halogens is 1. The van der Waals surface area contributed by atoms with Crippen molar-refractivity contribution in [3.05, 3.63) is 28.2 Å². The molecule has 1 fully saturated rings. The molecule has 6 heteroatoms. The van der Waals surface area contributed by atoms with Crippen molar-refractivity contribution in [2.75, 3.05) is 19.6 Å². The third kappa shape index (κ3) is 3.24. The summed E-state index contributed by atoms with van der Waals surface area (Å²) in [6.07, 6.45) is 1.71. The molecule has 1 aliphatic rings. The molecule has 0 bridgehead atoms. The SMILES string of the molecule is CCCN(C1CCNC1)S(=O)(=O)c1ccc(Br)cc1C. The molecule has 0 saturated carbocycles. The third-order valence-corrected chi connectivity index (χ3v) is 6.21. The van der Waals surface area contributed by atoms with Crippen molar-refractivity contribution in [2.24, 2.45) is 0 Å². The molecule has 1 unspecified atom stereocenters. The van der Waals surface area contributed by atoms with Crippen molar-refractivity contribution in [2.45, 2.75) is 37.6 Å². The molecule has 0 aliphatic carbocycles. The normalized spacial score (nSPS) is 19.7. The van der Waals surface area contributed by atoms with Crippen LogP contribution in [0, 0.1) is 6.92 Å². The highest BCUT2D eigenvalue weighted by Gasteiger charge is 2.33. The van der Waals surface area contributed by atoms with Gasteiger partial charge in [0.05, 0.1) is 4.90 Å². The van der Waals surface area contributed by atoms with Crippen molar-refractivity contribution >= 4 is 26.0 Å². The van der Waals surface area contributed by atoms with Crippen LogP contribution in [-0.4, -0.2) is 38.4 Å². The van der Waals surface area contributed by atoms with Gasteiger partial charge < -0.3 is 5.32 Å². The average Bonchev–Trinajstić information content (AvgIpc) is 2.88. The molecule has 1 aromatic carbocycles. The maximum atomic E-state index is 12.9. The van der Waals surface area contributed by atoms with E-state index in [2.05, 4.69) is 21.2 Å². The quantitative estimate of drug-likeness (QED) is 0.877. The summed E-state index contributed by atoms with van der Waals surface area (Å²) in [4.78, 5) is 0.418. The lowest BCUT2D eigenvalue weighted by Gasteiger charge is -2.28. The Morgan fingerprint density at radius 2 is 2.20 bits per heavy atom. The van der Waals surface area contributed by atoms with Crippen molar-refractivity contribution in [3.63, 3.8) is 0 Å². The first-order chi connectivity index (χ1) is 9.46. The summed E-state index contributed by atoms with van der Waals surface area (Å²) >= 11 is 3.38. The van der Waals surface area contributed by atoms with Gasteiger partial charge in [-0.3, -0.25) is 0 Å². The van der Waals surface area contributed by atoms with Gasteiger partial charge in [-0.05, 0) is 50.1 Å². The standard InChI is InChI=1S/C14H21BrN2O2S/c1-3-8-17(13-6-7-16-10-13)20(18,19)14-5-4-12(15)9-11(14)2/h4-5,9,13,16H,3,6-8,10H2,1-2H3. The monoisotopic (exact) mass is 360 g/mol. The molecular weight excluding hydrogens is 340 g/mol. The molecule has 4 nitrogen and oxygen atoms in total. The molecule has 0 spiro atoms. The minimum atomic E-state index is -3.42. The van der Waals surface area contributed by atoms with Gasteiger partial charge in [0.2, 0.25) is 10.0 Å². The van der Waals surface area contributed by atoms with Crippen LogP contribution in [-0.2, 0) is 10.0 Å². The van der Waals surface area contributed by atoms with E-state index >= 15 is 0 Å². The average molecular weight is 361 g/mol. The number of hydrogen-bond donors (Lipinski definition) is 1. The Kier molecular flexibility index (Phi) is 5.23. The fourth-order valence-corrected chi connectivity index (χ4v) is 5.06. The molecule has 1 aromatic rings. The zero-order chi connectivity index (χ0) is 14.8. The van der Waals surface area contributed by atoms with E-state index in [9.17, 15) is 8.42 Å². The van der Waals surface area contributed by atoms with Crippen LogP contribution < -0.4 is 5.32 Å². The smallest absolute Gasteiger partial charge is 0.243 e. The molecule has 1 heterocycles. The van der Waals surface area contributed by atoms with E-state index in [4.69, 9.17) is 0 Å². The lowest BCUT2D eigenvalue weighted by Crippen LogP contribution is -2.42. The minimum absolute atomic E-state index is 0.0722. The summed E-state index contributed by atoms with van der Waals surface area (Å²) in [6, 6.07) is 5.41. The van der Waals surface area contributed by atoms with Crippen molar-refractivity contribution in [1.82, 2.24) is 9.62 Å². The number of benzene rings is 1. The zero-order valence-electron chi connectivity index (χ0n) is 11.9. The molecule has 2 rings (SSSR count). The van der Waals surface area contributed by atoms with E-state index in [1.165, 1.54) is 0 Å². The molecule has 0 amide bonds. The summed E-state index contributed by atoms with van der Waals surface area (Å²) in [7, 11) is -3.42. The van der Waals surface area contributed by atoms with Crippen LogP contribution >= 0.6 is 15.9 Å². The van der Waals surface area contributed by atoms with Crippen LogP contribution in [0.5, 0.6) is 0 Å². The number of sulfonamides is 1. The van der Waals surface area contributed by atoms with Crippen molar-refractivity contribution in [3.8, 4) is 0 Å². The maximum absolute atomic E-state index is 12.9. The highest BCUT2D eigenvalue weighted by Crippen LogP contribution is 2.26. The van der Waals surface area contributed by atoms with Gasteiger partial charge in [-0.2, -0.15) is 4.31 Å². The Balaban J connectivity index is 2.39. The van der Waals surface area contributed by atoms with E-state index in [0.29, 0.717) is 11.4 Å². The predicted molar refractivity (Wildman–Crippen MR) is 84.3 cm³/mol. The van der Waals surface area contributed by atoms with Crippen LogP contribution in [0.1, 0.15) is 25.3 Å². The first kappa shape index (κ1) is 15.9. The Morgan fingerprint density at radius 1 is 1.45 bits per heavy atom. The summed E-state index contributed by atoms with van der Waals surface area (Å²) in [5.41, 5.74) is 0.784. The second-order valence-corrected chi connectivity index (χ2v) is 7.95. The maximum Gasteiger partial charge on any atom is 0.243 e. The molecule has 112 valence electrons. The van der Waals surface area contributed by atoms with Gasteiger partial charge in [0.25, 0.3) is 0 Å². The lowest BCUT2D eigenvalue weighted by atomic mass is 10.2. The Morgan fingerprint density at radius 3 is 2.75 bits per heavy atom. The lowest BCUT2D eigenvalue weighted by molar-refractivity contribution is 0.335. The Labute approximate surface area is 129 Å². The summed E-state index contributed by atoms with van der Waals surface area (Å²) in [5, 5.41) is 3.24. The number of rotatable bonds is 5. The van der Waals surface area contributed by atoms with Gasteiger partial charge in [-0.25, -0.2) is 8.42 Å². The summed E-state index contributed by atoms with van der Waals surface area (Å²) in [5.74, 6) is 0. The number of nitrogens with zero attached hydrogens (tertiary/aromatic N) is 1. The number of aryl methyl sites for hydroxylation is 1. The summed E-state index contributed by atoms with van der Waals surface area (Å²) < 4.78 is 28.4. The molecule has 0 aromatic heterocycles. The molecule has 1 aliphatic heterocycles. The largest absolute Gasteiger partial charge is 0.315 e. The van der Waals surface area contributed by atoms with Crippen LogP contribution in [0.25, 0.3) is 0 Å². The van der Waals surface area contributed by atoms with Gasteiger partial charge in [0.15, 0.2) is 0 Å². The number of nitrogens with one attached hydrogen (secondary N) is 1. The second-order valence-electron chi connectivity index (χ2n) is 5.17. The fourth-order valence-electron chi connectivity index (χ4n) is 2.63.